The third-order valence-electron chi connectivity index (χ3n) is 1.93. The van der Waals surface area contributed by atoms with Crippen LogP contribution in [0, 0.1) is 6.92 Å². The van der Waals surface area contributed by atoms with E-state index in [2.05, 4.69) is 15.5 Å². The van der Waals surface area contributed by atoms with Crippen LogP contribution in [0.25, 0.3) is 0 Å². The summed E-state index contributed by atoms with van der Waals surface area (Å²) < 4.78 is 11.1. The highest BCUT2D eigenvalue weighted by atomic mass is 32.2. The van der Waals surface area contributed by atoms with Gasteiger partial charge in [0.2, 0.25) is 0 Å². The first-order valence-electron chi connectivity index (χ1n) is 4.45. The van der Waals surface area contributed by atoms with Gasteiger partial charge in [-0.05, 0) is 25.5 Å². The average molecular weight is 213 g/mol. The molecule has 2 atom stereocenters. The summed E-state index contributed by atoms with van der Waals surface area (Å²) in [6.45, 7) is 4.55. The van der Waals surface area contributed by atoms with Crippen molar-refractivity contribution in [2.75, 3.05) is 18.1 Å². The first-order chi connectivity index (χ1) is 6.59. The molecular weight excluding hydrogens is 198 g/mol. The Hall–Kier alpha value is -0.970. The fraction of sp³-hybridized carbons (Fsp3) is 0.556. The van der Waals surface area contributed by atoms with E-state index in [1.165, 1.54) is 0 Å². The van der Waals surface area contributed by atoms with Gasteiger partial charge >= 0.3 is 0 Å². The van der Waals surface area contributed by atoms with Crippen molar-refractivity contribution in [3.8, 4) is 0 Å². The van der Waals surface area contributed by atoms with Gasteiger partial charge in [0.05, 0.1) is 6.20 Å². The Morgan fingerprint density at radius 2 is 2.36 bits per heavy atom. The summed E-state index contributed by atoms with van der Waals surface area (Å²) in [6.07, 6.45) is 3.40. The molecule has 14 heavy (non-hydrogen) atoms. The molecule has 0 amide bonds. The van der Waals surface area contributed by atoms with Crippen LogP contribution in [-0.2, 0) is 10.8 Å². The van der Waals surface area contributed by atoms with Crippen molar-refractivity contribution >= 4 is 16.6 Å². The molecule has 0 saturated heterocycles. The lowest BCUT2D eigenvalue weighted by Crippen LogP contribution is -2.21. The lowest BCUT2D eigenvalue weighted by Gasteiger charge is -2.09. The van der Waals surface area contributed by atoms with Crippen LogP contribution in [0.4, 0.5) is 5.82 Å². The van der Waals surface area contributed by atoms with Gasteiger partial charge < -0.3 is 5.32 Å². The number of aryl methyl sites for hydroxylation is 1. The molecule has 0 fully saturated rings. The fourth-order valence-corrected chi connectivity index (χ4v) is 1.23. The van der Waals surface area contributed by atoms with Crippen LogP contribution in [0.2, 0.25) is 0 Å². The molecule has 2 unspecified atom stereocenters. The topological polar surface area (TPSA) is 54.9 Å². The number of hydrogen-bond donors (Lipinski definition) is 1. The molecule has 0 aromatic carbocycles. The lowest BCUT2D eigenvalue weighted by molar-refractivity contribution is 0.678. The third-order valence-corrected chi connectivity index (χ3v) is 3.23. The molecule has 1 N–H and O–H groups in total. The summed E-state index contributed by atoms with van der Waals surface area (Å²) in [5, 5.41) is 11.0. The predicted octanol–water partition coefficient (Wildman–Crippen LogP) is 0.964. The summed E-state index contributed by atoms with van der Waals surface area (Å²) >= 11 is 0. The van der Waals surface area contributed by atoms with E-state index in [4.69, 9.17) is 0 Å². The molecule has 5 heteroatoms. The standard InChI is InChI=1S/C9H15N3OS/c1-7-4-9(12-11-5-7)10-6-8(2)14(3)13/h4-5,8H,6H2,1-3H3,(H,10,12). The van der Waals surface area contributed by atoms with E-state index in [1.54, 1.807) is 12.5 Å². The number of nitrogens with zero attached hydrogens (tertiary/aromatic N) is 2. The Bertz CT molecular complexity index is 330. The van der Waals surface area contributed by atoms with Gasteiger partial charge in [-0.1, -0.05) is 0 Å². The first kappa shape index (κ1) is 11.1. The SMILES string of the molecule is Cc1cnnc(NCC(C)S(C)=O)c1. The average Bonchev–Trinajstić information content (AvgIpc) is 2.14. The van der Waals surface area contributed by atoms with E-state index in [9.17, 15) is 4.21 Å². The zero-order valence-electron chi connectivity index (χ0n) is 8.65. The summed E-state index contributed by atoms with van der Waals surface area (Å²) in [6, 6.07) is 1.91. The minimum absolute atomic E-state index is 0.123. The third kappa shape index (κ3) is 3.41. The van der Waals surface area contributed by atoms with Gasteiger partial charge in [-0.25, -0.2) is 0 Å². The number of rotatable bonds is 4. The maximum absolute atomic E-state index is 11.1. The molecule has 0 saturated carbocycles. The van der Waals surface area contributed by atoms with Crippen LogP contribution in [0.1, 0.15) is 12.5 Å². The highest BCUT2D eigenvalue weighted by molar-refractivity contribution is 7.84. The van der Waals surface area contributed by atoms with E-state index >= 15 is 0 Å². The minimum atomic E-state index is -0.800. The van der Waals surface area contributed by atoms with E-state index < -0.39 is 10.8 Å². The number of aromatic nitrogens is 2. The van der Waals surface area contributed by atoms with Gasteiger partial charge in [0, 0.05) is 28.9 Å². The van der Waals surface area contributed by atoms with Crippen molar-refractivity contribution in [2.45, 2.75) is 19.1 Å². The van der Waals surface area contributed by atoms with Crippen molar-refractivity contribution < 1.29 is 4.21 Å². The van der Waals surface area contributed by atoms with Gasteiger partial charge in [0.1, 0.15) is 5.82 Å². The van der Waals surface area contributed by atoms with Crippen molar-refractivity contribution in [2.24, 2.45) is 0 Å². The molecular formula is C9H15N3OS. The predicted molar refractivity (Wildman–Crippen MR) is 58.8 cm³/mol. The zero-order valence-corrected chi connectivity index (χ0v) is 9.47. The van der Waals surface area contributed by atoms with Gasteiger partial charge in [0.25, 0.3) is 0 Å². The zero-order chi connectivity index (χ0) is 10.6. The molecule has 1 heterocycles. The van der Waals surface area contributed by atoms with Crippen LogP contribution in [0.3, 0.4) is 0 Å². The molecule has 0 aliphatic rings. The van der Waals surface area contributed by atoms with Gasteiger partial charge in [-0.15, -0.1) is 5.10 Å². The monoisotopic (exact) mass is 213 g/mol. The molecule has 78 valence electrons. The van der Waals surface area contributed by atoms with Crippen LogP contribution in [0.15, 0.2) is 12.3 Å². The van der Waals surface area contributed by atoms with Gasteiger partial charge in [-0.3, -0.25) is 4.21 Å². The van der Waals surface area contributed by atoms with Crippen LogP contribution >= 0.6 is 0 Å². The summed E-state index contributed by atoms with van der Waals surface area (Å²) in [5.74, 6) is 0.738. The van der Waals surface area contributed by atoms with Crippen molar-refractivity contribution in [3.63, 3.8) is 0 Å². The Kier molecular flexibility index (Phi) is 4.00. The number of anilines is 1. The summed E-state index contributed by atoms with van der Waals surface area (Å²) in [5.41, 5.74) is 1.06. The maximum atomic E-state index is 11.1. The second kappa shape index (κ2) is 5.05. The summed E-state index contributed by atoms with van der Waals surface area (Å²) in [7, 11) is -0.800. The van der Waals surface area contributed by atoms with E-state index in [-0.39, 0.29) is 5.25 Å². The number of nitrogens with one attached hydrogen (secondary N) is 1. The Morgan fingerprint density at radius 1 is 1.64 bits per heavy atom. The Labute approximate surface area is 86.6 Å². The molecule has 0 radical (unpaired) electrons. The maximum Gasteiger partial charge on any atom is 0.148 e. The minimum Gasteiger partial charge on any atom is -0.367 e. The highest BCUT2D eigenvalue weighted by Gasteiger charge is 2.05. The van der Waals surface area contributed by atoms with E-state index in [0.717, 1.165) is 11.4 Å². The van der Waals surface area contributed by atoms with Gasteiger partial charge in [0.15, 0.2) is 0 Å². The smallest absolute Gasteiger partial charge is 0.148 e. The van der Waals surface area contributed by atoms with Crippen LogP contribution in [-0.4, -0.2) is 32.5 Å². The quantitative estimate of drug-likeness (QED) is 0.809. The molecule has 4 nitrogen and oxygen atoms in total. The summed E-state index contributed by atoms with van der Waals surface area (Å²) in [4.78, 5) is 0. The normalized spacial score (nSPS) is 14.8. The van der Waals surface area contributed by atoms with Gasteiger partial charge in [-0.2, -0.15) is 5.10 Å². The molecule has 1 aromatic rings. The molecule has 0 aliphatic carbocycles. The largest absolute Gasteiger partial charge is 0.367 e. The highest BCUT2D eigenvalue weighted by Crippen LogP contribution is 2.04. The second-order valence-electron chi connectivity index (χ2n) is 3.31. The van der Waals surface area contributed by atoms with Crippen molar-refractivity contribution in [1.82, 2.24) is 10.2 Å². The lowest BCUT2D eigenvalue weighted by atomic mass is 10.3. The second-order valence-corrected chi connectivity index (χ2v) is 5.11. The molecule has 0 spiro atoms. The first-order valence-corrected chi connectivity index (χ1v) is 6.07. The van der Waals surface area contributed by atoms with Crippen molar-refractivity contribution in [3.05, 3.63) is 17.8 Å². The van der Waals surface area contributed by atoms with Crippen LogP contribution in [0.5, 0.6) is 0 Å². The molecule has 1 rings (SSSR count). The molecule has 0 aliphatic heterocycles. The number of hydrogen-bond acceptors (Lipinski definition) is 4. The molecule has 0 bridgehead atoms. The fourth-order valence-electron chi connectivity index (χ4n) is 0.916. The van der Waals surface area contributed by atoms with E-state index in [0.29, 0.717) is 6.54 Å². The van der Waals surface area contributed by atoms with E-state index in [1.807, 2.05) is 19.9 Å². The Balaban J connectivity index is 2.49. The molecule has 1 aromatic heterocycles. The Morgan fingerprint density at radius 3 is 2.93 bits per heavy atom. The van der Waals surface area contributed by atoms with Crippen molar-refractivity contribution in [1.29, 1.82) is 0 Å². The van der Waals surface area contributed by atoms with Crippen LogP contribution < -0.4 is 5.32 Å².